The van der Waals surface area contributed by atoms with Crippen LogP contribution in [-0.2, 0) is 13.0 Å². The molecule has 24 heavy (non-hydrogen) atoms. The van der Waals surface area contributed by atoms with Gasteiger partial charge in [0.15, 0.2) is 0 Å². The van der Waals surface area contributed by atoms with Crippen LogP contribution in [0.4, 0.5) is 0 Å². The van der Waals surface area contributed by atoms with Gasteiger partial charge in [-0.3, -0.25) is 9.69 Å². The van der Waals surface area contributed by atoms with Crippen molar-refractivity contribution in [3.63, 3.8) is 0 Å². The summed E-state index contributed by atoms with van der Waals surface area (Å²) in [6.07, 6.45) is 1.01. The molecule has 2 aliphatic rings. The predicted molar refractivity (Wildman–Crippen MR) is 96.2 cm³/mol. The molecule has 0 aliphatic carbocycles. The van der Waals surface area contributed by atoms with Crippen LogP contribution >= 0.6 is 22.9 Å². The zero-order valence-electron chi connectivity index (χ0n) is 13.3. The summed E-state index contributed by atoms with van der Waals surface area (Å²) in [5.41, 5.74) is 2.64. The first-order valence-corrected chi connectivity index (χ1v) is 9.40. The lowest BCUT2D eigenvalue weighted by atomic mass is 10.1. The van der Waals surface area contributed by atoms with E-state index in [0.717, 1.165) is 56.4 Å². The lowest BCUT2D eigenvalue weighted by molar-refractivity contribution is 0.0633. The first-order valence-electron chi connectivity index (χ1n) is 8.20. The molecule has 4 rings (SSSR count). The minimum atomic E-state index is 0.0984. The normalized spacial score (nSPS) is 17.6. The third-order valence-electron chi connectivity index (χ3n) is 4.60. The maximum Gasteiger partial charge on any atom is 0.264 e. The second-order valence-corrected chi connectivity index (χ2v) is 7.93. The summed E-state index contributed by atoms with van der Waals surface area (Å²) in [6.45, 7) is 5.06. The minimum absolute atomic E-state index is 0.0984. The number of hydrogen-bond donors (Lipinski definition) is 0. The van der Waals surface area contributed by atoms with Gasteiger partial charge in [0.05, 0.1) is 15.8 Å². The number of fused-ring (bicyclic) bond motifs is 1. The number of carbonyl (C=O) groups excluding carboxylic acids is 1. The van der Waals surface area contributed by atoms with Crippen molar-refractivity contribution < 1.29 is 9.53 Å². The Balaban J connectivity index is 1.34. The second-order valence-electron chi connectivity index (χ2n) is 6.21. The SMILES string of the molecule is O=C(c1ccc(Cl)s1)N1CCN(Cc2ccc3c(c2)CCO3)CC1. The fourth-order valence-electron chi connectivity index (χ4n) is 3.29. The number of carbonyl (C=O) groups is 1. The highest BCUT2D eigenvalue weighted by molar-refractivity contribution is 7.17. The second kappa shape index (κ2) is 6.75. The summed E-state index contributed by atoms with van der Waals surface area (Å²) < 4.78 is 6.23. The zero-order valence-corrected chi connectivity index (χ0v) is 14.9. The fourth-order valence-corrected chi connectivity index (χ4v) is 4.30. The molecule has 0 bridgehead atoms. The lowest BCUT2D eigenvalue weighted by Gasteiger charge is -2.34. The Labute approximate surface area is 150 Å². The van der Waals surface area contributed by atoms with Crippen molar-refractivity contribution >= 4 is 28.8 Å². The molecule has 2 aromatic rings. The average molecular weight is 363 g/mol. The Bertz CT molecular complexity index is 753. The van der Waals surface area contributed by atoms with Crippen LogP contribution in [0.5, 0.6) is 5.75 Å². The number of benzene rings is 1. The molecule has 126 valence electrons. The molecule has 0 N–H and O–H groups in total. The van der Waals surface area contributed by atoms with Crippen molar-refractivity contribution in [3.05, 3.63) is 50.7 Å². The van der Waals surface area contributed by atoms with Crippen LogP contribution in [0.2, 0.25) is 4.34 Å². The quantitative estimate of drug-likeness (QED) is 0.840. The summed E-state index contributed by atoms with van der Waals surface area (Å²) in [6, 6.07) is 10.1. The molecular weight excluding hydrogens is 344 g/mol. The molecule has 1 fully saturated rings. The van der Waals surface area contributed by atoms with Crippen molar-refractivity contribution in [2.75, 3.05) is 32.8 Å². The van der Waals surface area contributed by atoms with Crippen LogP contribution in [0.1, 0.15) is 20.8 Å². The summed E-state index contributed by atoms with van der Waals surface area (Å²) in [4.78, 5) is 17.5. The van der Waals surface area contributed by atoms with Gasteiger partial charge in [0.25, 0.3) is 5.91 Å². The molecule has 6 heteroatoms. The van der Waals surface area contributed by atoms with Crippen LogP contribution in [0.15, 0.2) is 30.3 Å². The molecule has 3 heterocycles. The van der Waals surface area contributed by atoms with E-state index in [1.807, 2.05) is 11.0 Å². The molecule has 2 aliphatic heterocycles. The number of rotatable bonds is 3. The van der Waals surface area contributed by atoms with Gasteiger partial charge in [0.2, 0.25) is 0 Å². The van der Waals surface area contributed by atoms with Crippen LogP contribution in [0.3, 0.4) is 0 Å². The summed E-state index contributed by atoms with van der Waals surface area (Å²) in [5.74, 6) is 1.13. The molecule has 0 spiro atoms. The average Bonchev–Trinajstić information content (AvgIpc) is 3.23. The molecule has 0 saturated carbocycles. The van der Waals surface area contributed by atoms with Gasteiger partial charge in [-0.05, 0) is 29.3 Å². The van der Waals surface area contributed by atoms with Gasteiger partial charge in [-0.2, -0.15) is 0 Å². The standard InChI is InChI=1S/C18H19ClN2O2S/c19-17-4-3-16(24-17)18(22)21-8-6-20(7-9-21)12-13-1-2-15-14(11-13)5-10-23-15/h1-4,11H,5-10,12H2. The van der Waals surface area contributed by atoms with E-state index in [-0.39, 0.29) is 5.91 Å². The van der Waals surface area contributed by atoms with Crippen LogP contribution in [-0.4, -0.2) is 48.5 Å². The Kier molecular flexibility index (Phi) is 4.48. The highest BCUT2D eigenvalue weighted by Crippen LogP contribution is 2.27. The molecule has 1 aromatic heterocycles. The zero-order chi connectivity index (χ0) is 16.5. The number of amides is 1. The smallest absolute Gasteiger partial charge is 0.264 e. The summed E-state index contributed by atoms with van der Waals surface area (Å²) >= 11 is 7.28. The van der Waals surface area contributed by atoms with E-state index in [4.69, 9.17) is 16.3 Å². The minimum Gasteiger partial charge on any atom is -0.493 e. The fraction of sp³-hybridized carbons (Fsp3) is 0.389. The van der Waals surface area contributed by atoms with Crippen LogP contribution < -0.4 is 4.74 Å². The topological polar surface area (TPSA) is 32.8 Å². The number of piperazine rings is 1. The Morgan fingerprint density at radius 3 is 2.75 bits per heavy atom. The molecule has 4 nitrogen and oxygen atoms in total. The molecule has 0 atom stereocenters. The van der Waals surface area contributed by atoms with E-state index in [1.165, 1.54) is 22.5 Å². The monoisotopic (exact) mass is 362 g/mol. The van der Waals surface area contributed by atoms with Gasteiger partial charge in [0, 0.05) is 39.1 Å². The number of halogens is 1. The largest absolute Gasteiger partial charge is 0.493 e. The molecule has 1 aromatic carbocycles. The van der Waals surface area contributed by atoms with E-state index in [2.05, 4.69) is 23.1 Å². The van der Waals surface area contributed by atoms with E-state index in [9.17, 15) is 4.79 Å². The molecule has 1 amide bonds. The van der Waals surface area contributed by atoms with Crippen molar-refractivity contribution in [3.8, 4) is 5.75 Å². The van der Waals surface area contributed by atoms with E-state index in [1.54, 1.807) is 6.07 Å². The number of thiophene rings is 1. The maximum atomic E-state index is 12.5. The molecule has 1 saturated heterocycles. The predicted octanol–water partition coefficient (Wildman–Crippen LogP) is 3.29. The van der Waals surface area contributed by atoms with Gasteiger partial charge in [-0.15, -0.1) is 11.3 Å². The lowest BCUT2D eigenvalue weighted by Crippen LogP contribution is -2.48. The van der Waals surface area contributed by atoms with E-state index >= 15 is 0 Å². The van der Waals surface area contributed by atoms with Crippen molar-refractivity contribution in [1.29, 1.82) is 0 Å². The van der Waals surface area contributed by atoms with Crippen LogP contribution in [0.25, 0.3) is 0 Å². The summed E-state index contributed by atoms with van der Waals surface area (Å²) in [5, 5.41) is 0. The van der Waals surface area contributed by atoms with E-state index < -0.39 is 0 Å². The number of ether oxygens (including phenoxy) is 1. The first kappa shape index (κ1) is 15.9. The van der Waals surface area contributed by atoms with Gasteiger partial charge in [0.1, 0.15) is 5.75 Å². The van der Waals surface area contributed by atoms with Gasteiger partial charge >= 0.3 is 0 Å². The van der Waals surface area contributed by atoms with Gasteiger partial charge in [-0.1, -0.05) is 23.7 Å². The van der Waals surface area contributed by atoms with E-state index in [0.29, 0.717) is 4.34 Å². The summed E-state index contributed by atoms with van der Waals surface area (Å²) in [7, 11) is 0. The molecule has 0 radical (unpaired) electrons. The third-order valence-corrected chi connectivity index (χ3v) is 5.82. The van der Waals surface area contributed by atoms with Crippen molar-refractivity contribution in [2.45, 2.75) is 13.0 Å². The number of hydrogen-bond acceptors (Lipinski definition) is 4. The highest BCUT2D eigenvalue weighted by atomic mass is 35.5. The van der Waals surface area contributed by atoms with Crippen molar-refractivity contribution in [2.24, 2.45) is 0 Å². The Hall–Kier alpha value is -1.56. The molecule has 0 unspecified atom stereocenters. The Morgan fingerprint density at radius 2 is 2.00 bits per heavy atom. The third kappa shape index (κ3) is 3.29. The highest BCUT2D eigenvalue weighted by Gasteiger charge is 2.23. The number of nitrogens with zero attached hydrogens (tertiary/aromatic N) is 2. The van der Waals surface area contributed by atoms with Gasteiger partial charge < -0.3 is 9.64 Å². The molecular formula is C18H19ClN2O2S. The maximum absolute atomic E-state index is 12.5. The first-order chi connectivity index (χ1) is 11.7. The Morgan fingerprint density at radius 1 is 1.17 bits per heavy atom. The van der Waals surface area contributed by atoms with Crippen LogP contribution in [0, 0.1) is 0 Å². The van der Waals surface area contributed by atoms with Gasteiger partial charge in [-0.25, -0.2) is 0 Å². The van der Waals surface area contributed by atoms with Crippen molar-refractivity contribution in [1.82, 2.24) is 9.80 Å².